The van der Waals surface area contributed by atoms with Gasteiger partial charge < -0.3 is 0 Å². The molecule has 0 aliphatic heterocycles. The van der Waals surface area contributed by atoms with Crippen LogP contribution in [0.5, 0.6) is 0 Å². The maximum atomic E-state index is 2.61. The quantitative estimate of drug-likeness (QED) is 0.210. The zero-order valence-corrected chi connectivity index (χ0v) is 25.8. The first-order valence-corrected chi connectivity index (χ1v) is 15.7. The summed E-state index contributed by atoms with van der Waals surface area (Å²) in [5, 5.41) is 0. The highest BCUT2D eigenvalue weighted by Gasteiger charge is 2.40. The van der Waals surface area contributed by atoms with Crippen molar-refractivity contribution in [1.29, 1.82) is 0 Å². The van der Waals surface area contributed by atoms with Crippen molar-refractivity contribution in [2.24, 2.45) is 5.41 Å². The van der Waals surface area contributed by atoms with Gasteiger partial charge in [-0.3, -0.25) is 0 Å². The van der Waals surface area contributed by atoms with Crippen molar-refractivity contribution in [3.8, 4) is 22.3 Å². The lowest BCUT2D eigenvalue weighted by molar-refractivity contribution is 0.349. The van der Waals surface area contributed by atoms with Crippen LogP contribution in [0.2, 0.25) is 0 Å². The Bertz CT molecular complexity index is 1520. The third-order valence-electron chi connectivity index (χ3n) is 9.88. The molecule has 0 aromatic heterocycles. The summed E-state index contributed by atoms with van der Waals surface area (Å²) < 4.78 is 0. The molecule has 0 heterocycles. The molecule has 0 spiro atoms. The van der Waals surface area contributed by atoms with E-state index in [0.717, 1.165) is 12.8 Å². The molecule has 0 fully saturated rings. The first-order chi connectivity index (χ1) is 19.9. The molecule has 0 radical (unpaired) electrons. The second-order valence-corrected chi connectivity index (χ2v) is 12.6. The molecular formula is C41H44. The van der Waals surface area contributed by atoms with E-state index in [1.54, 1.807) is 11.1 Å². The first kappa shape index (κ1) is 27.5. The molecular weight excluding hydrogens is 492 g/mol. The molecule has 0 atom stereocenters. The number of benzene rings is 4. The summed E-state index contributed by atoms with van der Waals surface area (Å²) in [5.74, 6) is 0. The standard InChI is InChI=1S/C41H44/c1-7-21-41(22-8-2,33-23-31-17-11-19-35(37(31)25-33)39-27(3)13-9-14-28(39)4)34-24-32-18-12-20-36(38(32)26-34)40-29(5)15-10-16-30(40)6/h9-20,25-26H,7-8,21-24H2,1-6H3. The summed E-state index contributed by atoms with van der Waals surface area (Å²) in [6.45, 7) is 13.8. The van der Waals surface area contributed by atoms with Gasteiger partial charge in [0.05, 0.1) is 0 Å². The number of hydrogen-bond donors (Lipinski definition) is 0. The van der Waals surface area contributed by atoms with Gasteiger partial charge in [-0.25, -0.2) is 0 Å². The van der Waals surface area contributed by atoms with E-state index in [1.165, 1.54) is 92.4 Å². The van der Waals surface area contributed by atoms with E-state index in [-0.39, 0.29) is 5.41 Å². The van der Waals surface area contributed by atoms with Crippen LogP contribution < -0.4 is 0 Å². The molecule has 2 aliphatic carbocycles. The predicted molar refractivity (Wildman–Crippen MR) is 178 cm³/mol. The van der Waals surface area contributed by atoms with Crippen LogP contribution >= 0.6 is 0 Å². The van der Waals surface area contributed by atoms with Crippen LogP contribution in [0.3, 0.4) is 0 Å². The molecule has 0 N–H and O–H groups in total. The minimum Gasteiger partial charge on any atom is -0.0653 e. The predicted octanol–water partition coefficient (Wildman–Crippen LogP) is 11.4. The summed E-state index contributed by atoms with van der Waals surface area (Å²) in [5.41, 5.74) is 20.3. The Morgan fingerprint density at radius 2 is 0.878 bits per heavy atom. The fourth-order valence-corrected chi connectivity index (χ4v) is 8.09. The van der Waals surface area contributed by atoms with Gasteiger partial charge in [-0.15, -0.1) is 0 Å². The van der Waals surface area contributed by atoms with E-state index >= 15 is 0 Å². The summed E-state index contributed by atoms with van der Waals surface area (Å²) >= 11 is 0. The van der Waals surface area contributed by atoms with Gasteiger partial charge in [-0.1, -0.05) is 123 Å². The lowest BCUT2D eigenvalue weighted by atomic mass is 9.66. The van der Waals surface area contributed by atoms with E-state index in [9.17, 15) is 0 Å². The van der Waals surface area contributed by atoms with E-state index in [4.69, 9.17) is 0 Å². The Hall–Kier alpha value is -3.64. The number of rotatable bonds is 8. The second-order valence-electron chi connectivity index (χ2n) is 12.6. The number of hydrogen-bond acceptors (Lipinski definition) is 0. The van der Waals surface area contributed by atoms with Crippen LogP contribution in [-0.4, -0.2) is 0 Å². The Morgan fingerprint density at radius 3 is 1.24 bits per heavy atom. The van der Waals surface area contributed by atoms with Gasteiger partial charge in [0.15, 0.2) is 0 Å². The highest BCUT2D eigenvalue weighted by atomic mass is 14.4. The van der Waals surface area contributed by atoms with Crippen molar-refractivity contribution in [2.75, 3.05) is 0 Å². The normalized spacial score (nSPS) is 14.1. The topological polar surface area (TPSA) is 0 Å². The maximum Gasteiger partial charge on any atom is 0.0134 e. The first-order valence-electron chi connectivity index (χ1n) is 15.7. The van der Waals surface area contributed by atoms with Gasteiger partial charge in [0.2, 0.25) is 0 Å². The SMILES string of the molecule is CCCC(CCC)(C1=Cc2c(cccc2-c2c(C)cccc2C)C1)C1=Cc2c(cccc2-c2c(C)cccc2C)C1. The van der Waals surface area contributed by atoms with Crippen LogP contribution in [0, 0.1) is 33.1 Å². The Labute approximate surface area is 247 Å². The molecule has 0 nitrogen and oxygen atoms in total. The molecule has 2 aliphatic rings. The van der Waals surface area contributed by atoms with Gasteiger partial charge in [-0.05, 0) is 120 Å². The average Bonchev–Trinajstić information content (AvgIpc) is 3.59. The fourth-order valence-electron chi connectivity index (χ4n) is 8.09. The zero-order valence-electron chi connectivity index (χ0n) is 25.8. The van der Waals surface area contributed by atoms with Crippen molar-refractivity contribution >= 4 is 12.2 Å². The van der Waals surface area contributed by atoms with Crippen LogP contribution in [0.25, 0.3) is 34.4 Å². The van der Waals surface area contributed by atoms with Crippen molar-refractivity contribution < 1.29 is 0 Å². The molecule has 208 valence electrons. The fraction of sp³-hybridized carbons (Fsp3) is 0.317. The smallest absolute Gasteiger partial charge is 0.0134 e. The minimum absolute atomic E-state index is 0.0949. The third-order valence-corrected chi connectivity index (χ3v) is 9.88. The molecule has 0 saturated heterocycles. The average molecular weight is 537 g/mol. The highest BCUT2D eigenvalue weighted by Crippen LogP contribution is 2.54. The van der Waals surface area contributed by atoms with Crippen LogP contribution in [0.4, 0.5) is 0 Å². The monoisotopic (exact) mass is 536 g/mol. The van der Waals surface area contributed by atoms with Crippen molar-refractivity contribution in [3.05, 3.63) is 128 Å². The molecule has 0 saturated carbocycles. The van der Waals surface area contributed by atoms with Crippen LogP contribution in [-0.2, 0) is 12.8 Å². The van der Waals surface area contributed by atoms with Crippen LogP contribution in [0.1, 0.15) is 84.0 Å². The Morgan fingerprint density at radius 1 is 0.512 bits per heavy atom. The van der Waals surface area contributed by atoms with Crippen molar-refractivity contribution in [1.82, 2.24) is 0 Å². The Kier molecular flexibility index (Phi) is 7.37. The van der Waals surface area contributed by atoms with Gasteiger partial charge in [0.1, 0.15) is 0 Å². The van der Waals surface area contributed by atoms with E-state index in [2.05, 4.69) is 126 Å². The van der Waals surface area contributed by atoms with Gasteiger partial charge in [0.25, 0.3) is 0 Å². The zero-order chi connectivity index (χ0) is 28.7. The van der Waals surface area contributed by atoms with E-state index in [0.29, 0.717) is 0 Å². The summed E-state index contributed by atoms with van der Waals surface area (Å²) in [7, 11) is 0. The van der Waals surface area contributed by atoms with Gasteiger partial charge in [0, 0.05) is 5.41 Å². The minimum atomic E-state index is 0.0949. The molecule has 4 aromatic carbocycles. The summed E-state index contributed by atoms with van der Waals surface area (Å²) in [6.07, 6.45) is 12.1. The number of allylic oxidation sites excluding steroid dienone is 2. The van der Waals surface area contributed by atoms with Crippen molar-refractivity contribution in [2.45, 2.75) is 80.1 Å². The molecule has 0 bridgehead atoms. The lowest BCUT2D eigenvalue weighted by Crippen LogP contribution is -2.26. The molecule has 4 aromatic rings. The van der Waals surface area contributed by atoms with Crippen molar-refractivity contribution in [3.63, 3.8) is 0 Å². The summed E-state index contributed by atoms with van der Waals surface area (Å²) in [6, 6.07) is 27.4. The van der Waals surface area contributed by atoms with E-state index < -0.39 is 0 Å². The molecule has 41 heavy (non-hydrogen) atoms. The summed E-state index contributed by atoms with van der Waals surface area (Å²) in [4.78, 5) is 0. The largest absolute Gasteiger partial charge is 0.0653 e. The highest BCUT2D eigenvalue weighted by molar-refractivity contribution is 5.87. The second kappa shape index (κ2) is 11.0. The number of aryl methyl sites for hydroxylation is 4. The molecule has 0 unspecified atom stereocenters. The molecule has 6 rings (SSSR count). The van der Waals surface area contributed by atoms with E-state index in [1.807, 2.05) is 0 Å². The molecule has 0 amide bonds. The lowest BCUT2D eigenvalue weighted by Gasteiger charge is -2.37. The van der Waals surface area contributed by atoms with Gasteiger partial charge >= 0.3 is 0 Å². The third kappa shape index (κ3) is 4.62. The molecule has 0 heteroatoms. The Balaban J connectivity index is 1.50. The number of fused-ring (bicyclic) bond motifs is 2. The maximum absolute atomic E-state index is 2.61. The van der Waals surface area contributed by atoms with Crippen LogP contribution in [0.15, 0.2) is 83.9 Å². The van der Waals surface area contributed by atoms with Gasteiger partial charge in [-0.2, -0.15) is 0 Å².